The van der Waals surface area contributed by atoms with Gasteiger partial charge in [-0.25, -0.2) is 4.98 Å². The van der Waals surface area contributed by atoms with E-state index in [2.05, 4.69) is 4.98 Å². The van der Waals surface area contributed by atoms with Gasteiger partial charge in [0.1, 0.15) is 11.2 Å². The van der Waals surface area contributed by atoms with Crippen LogP contribution >= 0.6 is 11.3 Å². The van der Waals surface area contributed by atoms with Gasteiger partial charge in [-0.05, 0) is 43.3 Å². The summed E-state index contributed by atoms with van der Waals surface area (Å²) in [7, 11) is 0. The molecule has 1 aliphatic carbocycles. The van der Waals surface area contributed by atoms with Crippen molar-refractivity contribution in [2.75, 3.05) is 0 Å². The van der Waals surface area contributed by atoms with E-state index in [-0.39, 0.29) is 5.91 Å². The summed E-state index contributed by atoms with van der Waals surface area (Å²) in [6.07, 6.45) is 7.64. The van der Waals surface area contributed by atoms with E-state index in [1.807, 2.05) is 35.7 Å². The molecule has 1 saturated carbocycles. The number of carbonyl (C=O) groups excluding carboxylic acids is 1. The largest absolute Gasteiger partial charge is 0.440 e. The molecular formula is C20H21N3O2S. The van der Waals surface area contributed by atoms with Crippen LogP contribution in [0.5, 0.6) is 0 Å². The highest BCUT2D eigenvalue weighted by molar-refractivity contribution is 7.13. The SMILES string of the molecule is Cc1oc(-c2cccs2)nc1C(=O)n1ccccc1=NC1CCCCC1. The first kappa shape index (κ1) is 17.0. The lowest BCUT2D eigenvalue weighted by Crippen LogP contribution is -2.29. The Hall–Kier alpha value is -2.47. The zero-order valence-corrected chi connectivity index (χ0v) is 15.5. The fourth-order valence-corrected chi connectivity index (χ4v) is 3.97. The van der Waals surface area contributed by atoms with Crippen LogP contribution in [0, 0.1) is 6.92 Å². The number of carbonyl (C=O) groups is 1. The molecule has 0 bridgehead atoms. The predicted octanol–water partition coefficient (Wildman–Crippen LogP) is 4.43. The molecule has 5 nitrogen and oxygen atoms in total. The van der Waals surface area contributed by atoms with Gasteiger partial charge in [0.2, 0.25) is 5.89 Å². The number of aromatic nitrogens is 2. The smallest absolute Gasteiger partial charge is 0.285 e. The van der Waals surface area contributed by atoms with Crippen molar-refractivity contribution < 1.29 is 9.21 Å². The monoisotopic (exact) mass is 367 g/mol. The van der Waals surface area contributed by atoms with Crippen LogP contribution in [0.2, 0.25) is 0 Å². The first-order valence-electron chi connectivity index (χ1n) is 9.00. The van der Waals surface area contributed by atoms with Crippen LogP contribution in [0.1, 0.15) is 48.4 Å². The number of hydrogen-bond donors (Lipinski definition) is 0. The average molecular weight is 367 g/mol. The van der Waals surface area contributed by atoms with Gasteiger partial charge in [-0.1, -0.05) is 31.4 Å². The van der Waals surface area contributed by atoms with E-state index in [1.54, 1.807) is 17.7 Å². The normalized spacial score (nSPS) is 16.1. The molecule has 0 N–H and O–H groups in total. The number of aryl methyl sites for hydroxylation is 1. The summed E-state index contributed by atoms with van der Waals surface area (Å²) in [5.74, 6) is 0.811. The van der Waals surface area contributed by atoms with Gasteiger partial charge in [-0.15, -0.1) is 11.3 Å². The van der Waals surface area contributed by atoms with Gasteiger partial charge in [0.15, 0.2) is 5.69 Å². The maximum absolute atomic E-state index is 13.1. The Balaban J connectivity index is 1.70. The topological polar surface area (TPSA) is 60.4 Å². The Bertz CT molecular complexity index is 963. The summed E-state index contributed by atoms with van der Waals surface area (Å²) in [6.45, 7) is 1.78. The summed E-state index contributed by atoms with van der Waals surface area (Å²) in [5.41, 5.74) is 1.02. The van der Waals surface area contributed by atoms with Gasteiger partial charge >= 0.3 is 0 Å². The maximum atomic E-state index is 13.1. The highest BCUT2D eigenvalue weighted by atomic mass is 32.1. The number of rotatable bonds is 3. The molecule has 134 valence electrons. The van der Waals surface area contributed by atoms with E-state index >= 15 is 0 Å². The van der Waals surface area contributed by atoms with E-state index in [9.17, 15) is 4.79 Å². The van der Waals surface area contributed by atoms with Crippen LogP contribution < -0.4 is 5.49 Å². The third-order valence-corrected chi connectivity index (χ3v) is 5.54. The molecule has 4 rings (SSSR count). The second kappa shape index (κ2) is 7.41. The lowest BCUT2D eigenvalue weighted by molar-refractivity contribution is 0.0948. The van der Waals surface area contributed by atoms with Crippen molar-refractivity contribution in [1.82, 2.24) is 9.55 Å². The zero-order chi connectivity index (χ0) is 17.9. The fourth-order valence-electron chi connectivity index (χ4n) is 3.32. The van der Waals surface area contributed by atoms with Crippen LogP contribution in [0.15, 0.2) is 51.3 Å². The fraction of sp³-hybridized carbons (Fsp3) is 0.350. The molecule has 1 fully saturated rings. The first-order chi connectivity index (χ1) is 12.7. The first-order valence-corrected chi connectivity index (χ1v) is 9.88. The molecule has 3 heterocycles. The van der Waals surface area contributed by atoms with Crippen molar-refractivity contribution >= 4 is 17.2 Å². The second-order valence-electron chi connectivity index (χ2n) is 6.56. The molecule has 6 heteroatoms. The molecule has 26 heavy (non-hydrogen) atoms. The molecule has 0 radical (unpaired) electrons. The molecule has 0 spiro atoms. The van der Waals surface area contributed by atoms with Gasteiger partial charge in [-0.3, -0.25) is 14.4 Å². The highest BCUT2D eigenvalue weighted by Crippen LogP contribution is 2.26. The number of hydrogen-bond acceptors (Lipinski definition) is 5. The molecule has 0 atom stereocenters. The molecule has 0 unspecified atom stereocenters. The van der Waals surface area contributed by atoms with E-state index < -0.39 is 0 Å². The number of oxazole rings is 1. The Morgan fingerprint density at radius 1 is 1.23 bits per heavy atom. The maximum Gasteiger partial charge on any atom is 0.285 e. The van der Waals surface area contributed by atoms with Gasteiger partial charge < -0.3 is 4.42 Å². The quantitative estimate of drug-likeness (QED) is 0.688. The van der Waals surface area contributed by atoms with E-state index in [0.29, 0.717) is 28.9 Å². The molecule has 3 aromatic rings. The minimum atomic E-state index is -0.204. The number of thiophene rings is 1. The van der Waals surface area contributed by atoms with E-state index in [4.69, 9.17) is 9.41 Å². The summed E-state index contributed by atoms with van der Waals surface area (Å²) < 4.78 is 7.31. The van der Waals surface area contributed by atoms with Crippen molar-refractivity contribution in [3.8, 4) is 10.8 Å². The molecular weight excluding hydrogens is 346 g/mol. The van der Waals surface area contributed by atoms with Crippen molar-refractivity contribution in [1.29, 1.82) is 0 Å². The van der Waals surface area contributed by atoms with Crippen molar-refractivity contribution in [3.63, 3.8) is 0 Å². The van der Waals surface area contributed by atoms with Gasteiger partial charge in [0, 0.05) is 6.20 Å². The number of nitrogens with zero attached hydrogens (tertiary/aromatic N) is 3. The molecule has 0 amide bonds. The van der Waals surface area contributed by atoms with Crippen molar-refractivity contribution in [2.24, 2.45) is 4.99 Å². The van der Waals surface area contributed by atoms with Crippen LogP contribution in [-0.2, 0) is 0 Å². The molecule has 0 aromatic carbocycles. The van der Waals surface area contributed by atoms with Crippen molar-refractivity contribution in [2.45, 2.75) is 45.1 Å². The van der Waals surface area contributed by atoms with Gasteiger partial charge in [0.05, 0.1) is 10.9 Å². The lowest BCUT2D eigenvalue weighted by Gasteiger charge is -2.17. The third-order valence-electron chi connectivity index (χ3n) is 4.68. The van der Waals surface area contributed by atoms with Crippen LogP contribution in [0.25, 0.3) is 10.8 Å². The minimum absolute atomic E-state index is 0.204. The Kier molecular flexibility index (Phi) is 4.84. The summed E-state index contributed by atoms with van der Waals surface area (Å²) in [6, 6.07) is 9.82. The Morgan fingerprint density at radius 2 is 2.08 bits per heavy atom. The van der Waals surface area contributed by atoms with Crippen LogP contribution in [-0.4, -0.2) is 21.5 Å². The van der Waals surface area contributed by atoms with Gasteiger partial charge in [-0.2, -0.15) is 0 Å². The van der Waals surface area contributed by atoms with Crippen LogP contribution in [0.3, 0.4) is 0 Å². The lowest BCUT2D eigenvalue weighted by atomic mass is 9.96. The molecule has 0 saturated heterocycles. The third kappa shape index (κ3) is 3.42. The standard InChI is InChI=1S/C20H21N3O2S/c1-14-18(22-19(25-14)16-10-7-13-26-16)20(24)23-12-6-5-11-17(23)21-15-8-3-2-4-9-15/h5-7,10-13,15H,2-4,8-9H2,1H3. The second-order valence-corrected chi connectivity index (χ2v) is 7.50. The minimum Gasteiger partial charge on any atom is -0.440 e. The summed E-state index contributed by atoms with van der Waals surface area (Å²) in [5, 5.41) is 1.96. The van der Waals surface area contributed by atoms with E-state index in [0.717, 1.165) is 17.7 Å². The highest BCUT2D eigenvalue weighted by Gasteiger charge is 2.20. The zero-order valence-electron chi connectivity index (χ0n) is 14.7. The summed E-state index contributed by atoms with van der Waals surface area (Å²) >= 11 is 1.54. The molecule has 0 aliphatic heterocycles. The predicted molar refractivity (Wildman–Crippen MR) is 101 cm³/mol. The van der Waals surface area contributed by atoms with Crippen molar-refractivity contribution in [3.05, 3.63) is 58.9 Å². The van der Waals surface area contributed by atoms with Gasteiger partial charge in [0.25, 0.3) is 5.91 Å². The average Bonchev–Trinajstić information content (AvgIpc) is 3.32. The molecule has 1 aliphatic rings. The van der Waals surface area contributed by atoms with E-state index in [1.165, 1.54) is 30.6 Å². The summed E-state index contributed by atoms with van der Waals surface area (Å²) in [4.78, 5) is 23.3. The Morgan fingerprint density at radius 3 is 2.85 bits per heavy atom. The number of pyridine rings is 1. The van der Waals surface area contributed by atoms with Crippen LogP contribution in [0.4, 0.5) is 0 Å². The molecule has 3 aromatic heterocycles. The Labute approximate surface area is 156 Å².